The summed E-state index contributed by atoms with van der Waals surface area (Å²) in [6.45, 7) is 2.67. The fourth-order valence-corrected chi connectivity index (χ4v) is 5.13. The molecule has 0 unspecified atom stereocenters. The second-order valence-corrected chi connectivity index (χ2v) is 8.98. The molecule has 0 bridgehead atoms. The van der Waals surface area contributed by atoms with Crippen LogP contribution in [0.2, 0.25) is 15.1 Å². The summed E-state index contributed by atoms with van der Waals surface area (Å²) in [4.78, 5) is 1.74. The highest BCUT2D eigenvalue weighted by Crippen LogP contribution is 2.35. The van der Waals surface area contributed by atoms with Gasteiger partial charge < -0.3 is 9.32 Å². The van der Waals surface area contributed by atoms with E-state index >= 15 is 0 Å². The molecule has 0 saturated carbocycles. The lowest BCUT2D eigenvalue weighted by atomic mass is 10.4. The molecule has 138 valence electrons. The van der Waals surface area contributed by atoms with Crippen molar-refractivity contribution in [3.63, 3.8) is 0 Å². The third-order valence-corrected chi connectivity index (χ3v) is 6.47. The zero-order chi connectivity index (χ0) is 18.8. The summed E-state index contributed by atoms with van der Waals surface area (Å²) in [5, 5.41) is 0.251. The minimum absolute atomic E-state index is 0.0111. The molecule has 0 spiro atoms. The maximum atomic E-state index is 13.2. The van der Waals surface area contributed by atoms with E-state index in [-0.39, 0.29) is 33.1 Å². The Morgan fingerprint density at radius 1 is 1.04 bits per heavy atom. The number of aryl methyl sites for hydroxylation is 1. The highest BCUT2D eigenvalue weighted by molar-refractivity contribution is 7.89. The van der Waals surface area contributed by atoms with Crippen molar-refractivity contribution in [2.24, 2.45) is 0 Å². The van der Waals surface area contributed by atoms with Crippen LogP contribution in [-0.4, -0.2) is 44.8 Å². The van der Waals surface area contributed by atoms with Gasteiger partial charge in [-0.15, -0.1) is 0 Å². The molecule has 0 aliphatic heterocycles. The average Bonchev–Trinajstić information content (AvgIpc) is 2.86. The van der Waals surface area contributed by atoms with Crippen molar-refractivity contribution in [2.75, 3.05) is 27.2 Å². The fourth-order valence-electron chi connectivity index (χ4n) is 2.24. The summed E-state index contributed by atoms with van der Waals surface area (Å²) in [7, 11) is -0.209. The molecule has 25 heavy (non-hydrogen) atoms. The van der Waals surface area contributed by atoms with E-state index in [4.69, 9.17) is 39.2 Å². The molecule has 2 rings (SSSR count). The van der Waals surface area contributed by atoms with E-state index in [1.54, 1.807) is 19.1 Å². The van der Waals surface area contributed by atoms with E-state index in [1.165, 1.54) is 16.4 Å². The van der Waals surface area contributed by atoms with E-state index in [0.29, 0.717) is 18.1 Å². The maximum Gasteiger partial charge on any atom is 0.246 e. The Morgan fingerprint density at radius 2 is 1.64 bits per heavy atom. The van der Waals surface area contributed by atoms with E-state index in [1.807, 2.05) is 19.0 Å². The van der Waals surface area contributed by atoms with Gasteiger partial charge in [0.1, 0.15) is 16.4 Å². The topological polar surface area (TPSA) is 53.8 Å². The monoisotopic (exact) mass is 424 g/mol. The second-order valence-electron chi connectivity index (χ2n) is 5.85. The van der Waals surface area contributed by atoms with Gasteiger partial charge in [-0.3, -0.25) is 0 Å². The lowest BCUT2D eigenvalue weighted by Gasteiger charge is -2.24. The summed E-state index contributed by atoms with van der Waals surface area (Å²) in [5.74, 6) is 1.25. The average molecular weight is 426 g/mol. The Hall–Kier alpha value is -0.760. The molecule has 9 heteroatoms. The normalized spacial score (nSPS) is 12.3. The van der Waals surface area contributed by atoms with Crippen LogP contribution < -0.4 is 0 Å². The maximum absolute atomic E-state index is 13.2. The van der Waals surface area contributed by atoms with E-state index in [2.05, 4.69) is 0 Å². The molecule has 0 N–H and O–H groups in total. The minimum atomic E-state index is -3.94. The van der Waals surface area contributed by atoms with Crippen LogP contribution in [0.4, 0.5) is 0 Å². The molecule has 0 amide bonds. The second kappa shape index (κ2) is 8.29. The van der Waals surface area contributed by atoms with Gasteiger partial charge in [-0.1, -0.05) is 34.8 Å². The molecule has 1 aromatic heterocycles. The van der Waals surface area contributed by atoms with Gasteiger partial charge in [-0.05, 0) is 45.3 Å². The standard InChI is InChI=1S/C16H19Cl3N2O3S/c1-11-4-5-13(24-11)10-21(7-6-20(2)3)25(22,23)16-14(18)8-12(17)9-15(16)19/h4-5,8-9H,6-7,10H2,1-3H3. The fraction of sp³-hybridized carbons (Fsp3) is 0.375. The van der Waals surface area contributed by atoms with Gasteiger partial charge in [-0.2, -0.15) is 4.31 Å². The van der Waals surface area contributed by atoms with Crippen LogP contribution in [0, 0.1) is 6.92 Å². The van der Waals surface area contributed by atoms with Gasteiger partial charge in [0.15, 0.2) is 0 Å². The van der Waals surface area contributed by atoms with Crippen molar-refractivity contribution >= 4 is 44.8 Å². The number of sulfonamides is 1. The number of benzene rings is 1. The molecule has 0 aliphatic carbocycles. The van der Waals surface area contributed by atoms with Crippen molar-refractivity contribution in [3.8, 4) is 0 Å². The number of rotatable bonds is 7. The van der Waals surface area contributed by atoms with Gasteiger partial charge in [0, 0.05) is 18.1 Å². The Kier molecular flexibility index (Phi) is 6.81. The molecule has 2 aromatic rings. The van der Waals surface area contributed by atoms with Gasteiger partial charge in [0.05, 0.1) is 16.6 Å². The Morgan fingerprint density at radius 3 is 2.12 bits per heavy atom. The number of likely N-dealkylation sites (N-methyl/N-ethyl adjacent to an activating group) is 1. The van der Waals surface area contributed by atoms with Crippen LogP contribution in [0.3, 0.4) is 0 Å². The summed E-state index contributed by atoms with van der Waals surface area (Å²) in [5.41, 5.74) is 0. The largest absolute Gasteiger partial charge is 0.465 e. The number of hydrogen-bond acceptors (Lipinski definition) is 4. The summed E-state index contributed by atoms with van der Waals surface area (Å²) < 4.78 is 33.1. The first-order valence-electron chi connectivity index (χ1n) is 7.46. The van der Waals surface area contributed by atoms with Crippen molar-refractivity contribution in [3.05, 3.63) is 50.9 Å². The highest BCUT2D eigenvalue weighted by atomic mass is 35.5. The molecule has 0 fully saturated rings. The lowest BCUT2D eigenvalue weighted by molar-refractivity contribution is 0.310. The van der Waals surface area contributed by atoms with Crippen LogP contribution in [0.25, 0.3) is 0 Å². The quantitative estimate of drug-likeness (QED) is 0.663. The molecule has 5 nitrogen and oxygen atoms in total. The van der Waals surface area contributed by atoms with E-state index in [9.17, 15) is 8.42 Å². The molecule has 0 radical (unpaired) electrons. The zero-order valence-electron chi connectivity index (χ0n) is 14.1. The first-order chi connectivity index (χ1) is 11.6. The van der Waals surface area contributed by atoms with Crippen LogP contribution in [-0.2, 0) is 16.6 Å². The van der Waals surface area contributed by atoms with Crippen molar-refractivity contribution in [1.82, 2.24) is 9.21 Å². The van der Waals surface area contributed by atoms with E-state index < -0.39 is 10.0 Å². The van der Waals surface area contributed by atoms with Gasteiger partial charge in [0.2, 0.25) is 10.0 Å². The van der Waals surface area contributed by atoms with Crippen molar-refractivity contribution in [1.29, 1.82) is 0 Å². The SMILES string of the molecule is Cc1ccc(CN(CCN(C)C)S(=O)(=O)c2c(Cl)cc(Cl)cc2Cl)o1. The smallest absolute Gasteiger partial charge is 0.246 e. The van der Waals surface area contributed by atoms with Crippen molar-refractivity contribution in [2.45, 2.75) is 18.4 Å². The number of halogens is 3. The van der Waals surface area contributed by atoms with Crippen LogP contribution in [0.1, 0.15) is 11.5 Å². The summed E-state index contributed by atoms with van der Waals surface area (Å²) >= 11 is 18.1. The molecular weight excluding hydrogens is 407 g/mol. The van der Waals surface area contributed by atoms with Crippen LogP contribution in [0.5, 0.6) is 0 Å². The number of furan rings is 1. The number of nitrogens with zero attached hydrogens (tertiary/aromatic N) is 2. The molecular formula is C16H19Cl3N2O3S. The lowest BCUT2D eigenvalue weighted by Crippen LogP contribution is -2.36. The molecule has 1 heterocycles. The Labute approximate surface area is 163 Å². The predicted molar refractivity (Wildman–Crippen MR) is 101 cm³/mol. The Bertz CT molecular complexity index is 827. The zero-order valence-corrected chi connectivity index (χ0v) is 17.2. The van der Waals surface area contributed by atoms with Crippen LogP contribution >= 0.6 is 34.8 Å². The molecule has 0 atom stereocenters. The number of hydrogen-bond donors (Lipinski definition) is 0. The first kappa shape index (κ1) is 20.6. The molecule has 0 saturated heterocycles. The van der Waals surface area contributed by atoms with Gasteiger partial charge >= 0.3 is 0 Å². The van der Waals surface area contributed by atoms with Gasteiger partial charge in [-0.25, -0.2) is 8.42 Å². The van der Waals surface area contributed by atoms with Gasteiger partial charge in [0.25, 0.3) is 0 Å². The van der Waals surface area contributed by atoms with E-state index in [0.717, 1.165) is 0 Å². The predicted octanol–water partition coefficient (Wildman–Crippen LogP) is 4.30. The van der Waals surface area contributed by atoms with Crippen LogP contribution in [0.15, 0.2) is 33.6 Å². The molecule has 0 aliphatic rings. The highest BCUT2D eigenvalue weighted by Gasteiger charge is 2.30. The third kappa shape index (κ3) is 5.12. The Balaban J connectivity index is 2.43. The summed E-state index contributed by atoms with van der Waals surface area (Å²) in [6.07, 6.45) is 0. The minimum Gasteiger partial charge on any atom is -0.465 e. The molecule has 1 aromatic carbocycles. The third-order valence-electron chi connectivity index (χ3n) is 3.49. The summed E-state index contributed by atoms with van der Waals surface area (Å²) in [6, 6.07) is 6.26. The van der Waals surface area contributed by atoms with Crippen molar-refractivity contribution < 1.29 is 12.8 Å². The first-order valence-corrected chi connectivity index (χ1v) is 10.0.